The van der Waals surface area contributed by atoms with Gasteiger partial charge in [-0.15, -0.1) is 11.3 Å². The third-order valence-corrected chi connectivity index (χ3v) is 5.47. The summed E-state index contributed by atoms with van der Waals surface area (Å²) in [5.41, 5.74) is 1.43. The van der Waals surface area contributed by atoms with Crippen LogP contribution in [0.3, 0.4) is 0 Å². The van der Waals surface area contributed by atoms with Crippen LogP contribution >= 0.6 is 11.3 Å². The van der Waals surface area contributed by atoms with Crippen molar-refractivity contribution in [2.24, 2.45) is 5.92 Å². The van der Waals surface area contributed by atoms with Gasteiger partial charge >= 0.3 is 0 Å². The molecule has 0 radical (unpaired) electrons. The van der Waals surface area contributed by atoms with Gasteiger partial charge in [-0.25, -0.2) is 4.98 Å². The van der Waals surface area contributed by atoms with Gasteiger partial charge in [0.15, 0.2) is 10.9 Å². The van der Waals surface area contributed by atoms with Crippen LogP contribution < -0.4 is 10.1 Å². The molecule has 1 fully saturated rings. The monoisotopic (exact) mass is 328 g/mol. The van der Waals surface area contributed by atoms with Crippen LogP contribution in [0.15, 0.2) is 29.6 Å². The fourth-order valence-electron chi connectivity index (χ4n) is 3.39. The molecule has 1 aromatic heterocycles. The second-order valence-corrected chi connectivity index (χ2v) is 6.95. The van der Waals surface area contributed by atoms with Gasteiger partial charge in [-0.3, -0.25) is 9.59 Å². The summed E-state index contributed by atoms with van der Waals surface area (Å²) < 4.78 is 5.70. The van der Waals surface area contributed by atoms with Crippen LogP contribution in [-0.4, -0.2) is 23.3 Å². The number of nitrogens with zero attached hydrogens (tertiary/aromatic N) is 1. The molecule has 1 aliphatic heterocycles. The Hall–Kier alpha value is -2.21. The minimum absolute atomic E-state index is 0.0221. The number of hydrogen-bond donors (Lipinski definition) is 1. The molecule has 1 spiro atoms. The van der Waals surface area contributed by atoms with Crippen LogP contribution in [0.5, 0.6) is 5.75 Å². The van der Waals surface area contributed by atoms with Crippen LogP contribution in [0.1, 0.15) is 35.8 Å². The van der Waals surface area contributed by atoms with Gasteiger partial charge in [0, 0.05) is 29.2 Å². The van der Waals surface area contributed by atoms with Crippen LogP contribution in [0.4, 0.5) is 5.13 Å². The zero-order chi connectivity index (χ0) is 16.0. The highest BCUT2D eigenvalue weighted by Crippen LogP contribution is 2.60. The van der Waals surface area contributed by atoms with E-state index in [9.17, 15) is 9.59 Å². The van der Waals surface area contributed by atoms with Crippen molar-refractivity contribution in [2.45, 2.75) is 25.2 Å². The lowest BCUT2D eigenvalue weighted by Crippen LogP contribution is -2.26. The number of ether oxygens (including phenoxy) is 1. The minimum Gasteiger partial charge on any atom is -0.493 e. The zero-order valence-corrected chi connectivity index (χ0v) is 13.5. The number of anilines is 1. The molecular formula is C17H16N2O3S. The Morgan fingerprint density at radius 1 is 1.39 bits per heavy atom. The van der Waals surface area contributed by atoms with Crippen molar-refractivity contribution in [3.8, 4) is 5.75 Å². The number of amides is 1. The number of rotatable bonds is 3. The molecule has 1 N–H and O–H groups in total. The molecule has 2 aliphatic rings. The van der Waals surface area contributed by atoms with E-state index in [4.69, 9.17) is 4.74 Å². The first-order chi connectivity index (χ1) is 11.1. The molecule has 2 aromatic rings. The average molecular weight is 328 g/mol. The van der Waals surface area contributed by atoms with Crippen molar-refractivity contribution < 1.29 is 14.3 Å². The number of carbonyl (C=O) groups excluding carboxylic acids is 2. The summed E-state index contributed by atoms with van der Waals surface area (Å²) >= 11 is 1.28. The average Bonchev–Trinajstić information content (AvgIpc) is 3.06. The van der Waals surface area contributed by atoms with Crippen LogP contribution in [0.25, 0.3) is 0 Å². The number of Topliss-reactive ketones (excluding diaryl/α,β-unsaturated/α-hetero) is 1. The lowest BCUT2D eigenvalue weighted by molar-refractivity contribution is -0.117. The highest BCUT2D eigenvalue weighted by Gasteiger charge is 2.61. The summed E-state index contributed by atoms with van der Waals surface area (Å²) in [7, 11) is 0. The predicted octanol–water partition coefficient (Wildman–Crippen LogP) is 3.02. The first kappa shape index (κ1) is 14.4. The number of para-hydroxylation sites is 1. The van der Waals surface area contributed by atoms with E-state index in [1.54, 1.807) is 5.38 Å². The Labute approximate surface area is 137 Å². The SMILES string of the molecule is CC(=O)c1csc(NC(=O)C2CC23CCOc2ccccc23)n1. The highest BCUT2D eigenvalue weighted by molar-refractivity contribution is 7.14. The Kier molecular flexibility index (Phi) is 3.23. The number of ketones is 1. The summed E-state index contributed by atoms with van der Waals surface area (Å²) in [6.07, 6.45) is 1.70. The number of thiazole rings is 1. The predicted molar refractivity (Wildman–Crippen MR) is 87.1 cm³/mol. The number of hydrogen-bond acceptors (Lipinski definition) is 5. The summed E-state index contributed by atoms with van der Waals surface area (Å²) in [6.45, 7) is 2.11. The van der Waals surface area contributed by atoms with Gasteiger partial charge in [0.1, 0.15) is 11.4 Å². The van der Waals surface area contributed by atoms with E-state index in [1.807, 2.05) is 18.2 Å². The minimum atomic E-state index is -0.0976. The fourth-order valence-corrected chi connectivity index (χ4v) is 4.14. The maximum atomic E-state index is 12.6. The van der Waals surface area contributed by atoms with Crippen molar-refractivity contribution in [3.63, 3.8) is 0 Å². The Morgan fingerprint density at radius 3 is 3.00 bits per heavy atom. The summed E-state index contributed by atoms with van der Waals surface area (Å²) in [5.74, 6) is 0.716. The van der Waals surface area contributed by atoms with Gasteiger partial charge in [-0.1, -0.05) is 18.2 Å². The van der Waals surface area contributed by atoms with E-state index < -0.39 is 0 Å². The molecule has 4 rings (SSSR count). The van der Waals surface area contributed by atoms with Crippen molar-refractivity contribution in [1.82, 2.24) is 4.98 Å². The van der Waals surface area contributed by atoms with E-state index >= 15 is 0 Å². The molecule has 5 nitrogen and oxygen atoms in total. The quantitative estimate of drug-likeness (QED) is 0.880. The Morgan fingerprint density at radius 2 is 2.22 bits per heavy atom. The van der Waals surface area contributed by atoms with E-state index in [-0.39, 0.29) is 23.0 Å². The van der Waals surface area contributed by atoms with Crippen molar-refractivity contribution >= 4 is 28.2 Å². The first-order valence-corrected chi connectivity index (χ1v) is 8.48. The van der Waals surface area contributed by atoms with Gasteiger partial charge in [-0.05, 0) is 18.9 Å². The molecule has 118 valence electrons. The molecule has 1 aromatic carbocycles. The van der Waals surface area contributed by atoms with Crippen LogP contribution in [-0.2, 0) is 10.2 Å². The maximum absolute atomic E-state index is 12.6. The second kappa shape index (κ2) is 5.16. The molecule has 0 saturated heterocycles. The molecule has 6 heteroatoms. The van der Waals surface area contributed by atoms with Gasteiger partial charge in [0.25, 0.3) is 0 Å². The number of aromatic nitrogens is 1. The van der Waals surface area contributed by atoms with E-state index in [0.717, 1.165) is 24.2 Å². The molecule has 1 amide bonds. The summed E-state index contributed by atoms with van der Waals surface area (Å²) in [4.78, 5) is 28.0. The summed E-state index contributed by atoms with van der Waals surface area (Å²) in [6, 6.07) is 7.96. The Bertz CT molecular complexity index is 801. The standard InChI is InChI=1S/C17H16N2O3S/c1-10(20)13-9-23-16(18-13)19-15(21)12-8-17(12)6-7-22-14-5-3-2-4-11(14)17/h2-5,9,12H,6-8H2,1H3,(H,18,19,21). The fraction of sp³-hybridized carbons (Fsp3) is 0.353. The lowest BCUT2D eigenvalue weighted by Gasteiger charge is -2.26. The zero-order valence-electron chi connectivity index (χ0n) is 12.7. The Balaban J connectivity index is 1.52. The number of carbonyl (C=O) groups is 2. The maximum Gasteiger partial charge on any atom is 0.230 e. The van der Waals surface area contributed by atoms with E-state index in [1.165, 1.54) is 18.3 Å². The number of nitrogens with one attached hydrogen (secondary N) is 1. The molecule has 2 atom stereocenters. The van der Waals surface area contributed by atoms with Crippen molar-refractivity contribution in [2.75, 3.05) is 11.9 Å². The smallest absolute Gasteiger partial charge is 0.230 e. The summed E-state index contributed by atoms with van der Waals surface area (Å²) in [5, 5.41) is 5.02. The third kappa shape index (κ3) is 2.34. The van der Waals surface area contributed by atoms with Gasteiger partial charge < -0.3 is 10.1 Å². The molecule has 23 heavy (non-hydrogen) atoms. The molecule has 2 heterocycles. The van der Waals surface area contributed by atoms with Crippen LogP contribution in [0, 0.1) is 5.92 Å². The van der Waals surface area contributed by atoms with Crippen LogP contribution in [0.2, 0.25) is 0 Å². The second-order valence-electron chi connectivity index (χ2n) is 6.09. The number of benzene rings is 1. The molecular weight excluding hydrogens is 312 g/mol. The van der Waals surface area contributed by atoms with Crippen molar-refractivity contribution in [1.29, 1.82) is 0 Å². The molecule has 1 saturated carbocycles. The topological polar surface area (TPSA) is 68.3 Å². The normalized spacial score (nSPS) is 24.7. The van der Waals surface area contributed by atoms with E-state index in [2.05, 4.69) is 16.4 Å². The first-order valence-electron chi connectivity index (χ1n) is 7.60. The van der Waals surface area contributed by atoms with E-state index in [0.29, 0.717) is 17.4 Å². The number of fused-ring (bicyclic) bond motifs is 2. The lowest BCUT2D eigenvalue weighted by atomic mass is 9.87. The van der Waals surface area contributed by atoms with Gasteiger partial charge in [-0.2, -0.15) is 0 Å². The van der Waals surface area contributed by atoms with Gasteiger partial charge in [0.2, 0.25) is 5.91 Å². The van der Waals surface area contributed by atoms with Crippen molar-refractivity contribution in [3.05, 3.63) is 40.9 Å². The van der Waals surface area contributed by atoms with Gasteiger partial charge in [0.05, 0.1) is 6.61 Å². The largest absolute Gasteiger partial charge is 0.493 e. The third-order valence-electron chi connectivity index (χ3n) is 4.72. The molecule has 1 aliphatic carbocycles. The molecule has 0 bridgehead atoms. The molecule has 2 unspecified atom stereocenters. The highest BCUT2D eigenvalue weighted by atomic mass is 32.1.